The summed E-state index contributed by atoms with van der Waals surface area (Å²) in [6, 6.07) is 0.420. The molecule has 1 saturated heterocycles. The van der Waals surface area contributed by atoms with Crippen molar-refractivity contribution in [3.8, 4) is 11.8 Å². The number of rotatable bonds is 1. The van der Waals surface area contributed by atoms with Gasteiger partial charge >= 0.3 is 0 Å². The van der Waals surface area contributed by atoms with E-state index in [4.69, 9.17) is 0 Å². The van der Waals surface area contributed by atoms with Crippen molar-refractivity contribution in [1.29, 1.82) is 0 Å². The topological polar surface area (TPSA) is 20.3 Å². The van der Waals surface area contributed by atoms with Crippen LogP contribution in [0.2, 0.25) is 0 Å². The summed E-state index contributed by atoms with van der Waals surface area (Å²) < 4.78 is 0. The second kappa shape index (κ2) is 5.05. The molecule has 0 bridgehead atoms. The molecule has 14 heavy (non-hydrogen) atoms. The van der Waals surface area contributed by atoms with Crippen molar-refractivity contribution in [2.75, 3.05) is 6.54 Å². The van der Waals surface area contributed by atoms with Gasteiger partial charge in [0.1, 0.15) is 0 Å². The van der Waals surface area contributed by atoms with Crippen molar-refractivity contribution in [2.45, 2.75) is 46.1 Å². The highest BCUT2D eigenvalue weighted by atomic mass is 16.2. The second-order valence-electron chi connectivity index (χ2n) is 4.23. The maximum atomic E-state index is 11.7. The molecule has 0 aromatic heterocycles. The van der Waals surface area contributed by atoms with Gasteiger partial charge in [0.05, 0.1) is 6.42 Å². The van der Waals surface area contributed by atoms with E-state index in [2.05, 4.69) is 18.8 Å². The number of carbonyl (C=O) groups is 1. The summed E-state index contributed by atoms with van der Waals surface area (Å²) >= 11 is 0. The third kappa shape index (κ3) is 3.06. The second-order valence-corrected chi connectivity index (χ2v) is 4.23. The third-order valence-corrected chi connectivity index (χ3v) is 2.50. The summed E-state index contributed by atoms with van der Waals surface area (Å²) in [5.41, 5.74) is 0. The number of amides is 1. The molecule has 0 aromatic carbocycles. The van der Waals surface area contributed by atoms with Crippen molar-refractivity contribution in [2.24, 2.45) is 5.92 Å². The fraction of sp³-hybridized carbons (Fsp3) is 0.750. The molecule has 1 rings (SSSR count). The molecular weight excluding hydrogens is 174 g/mol. The van der Waals surface area contributed by atoms with E-state index in [0.717, 1.165) is 19.4 Å². The molecule has 1 heterocycles. The number of carbonyl (C=O) groups excluding carboxylic acids is 1. The molecule has 0 radical (unpaired) electrons. The quantitative estimate of drug-likeness (QED) is 0.584. The average Bonchev–Trinajstić information content (AvgIpc) is 2.50. The van der Waals surface area contributed by atoms with Gasteiger partial charge in [-0.1, -0.05) is 25.7 Å². The van der Waals surface area contributed by atoms with Crippen LogP contribution in [-0.2, 0) is 4.79 Å². The van der Waals surface area contributed by atoms with Crippen LogP contribution >= 0.6 is 0 Å². The van der Waals surface area contributed by atoms with Gasteiger partial charge in [-0.2, -0.15) is 0 Å². The lowest BCUT2D eigenvalue weighted by Gasteiger charge is -2.19. The minimum atomic E-state index is 0.197. The number of likely N-dealkylation sites (tertiary alicyclic amines) is 1. The zero-order chi connectivity index (χ0) is 10.6. The van der Waals surface area contributed by atoms with E-state index in [1.165, 1.54) is 0 Å². The molecular formula is C12H19NO. The molecule has 1 fully saturated rings. The largest absolute Gasteiger partial charge is 0.339 e. The van der Waals surface area contributed by atoms with Gasteiger partial charge in [-0.05, 0) is 19.8 Å². The summed E-state index contributed by atoms with van der Waals surface area (Å²) in [5.74, 6) is 6.52. The first kappa shape index (κ1) is 11.1. The van der Waals surface area contributed by atoms with Crippen LogP contribution in [0.4, 0.5) is 0 Å². The molecule has 1 aliphatic heterocycles. The van der Waals surface area contributed by atoms with E-state index in [-0.39, 0.29) is 5.91 Å². The summed E-state index contributed by atoms with van der Waals surface area (Å²) in [6.07, 6.45) is 2.68. The molecule has 2 nitrogen and oxygen atoms in total. The van der Waals surface area contributed by atoms with Gasteiger partial charge < -0.3 is 4.90 Å². The van der Waals surface area contributed by atoms with Crippen LogP contribution < -0.4 is 0 Å². The fourth-order valence-corrected chi connectivity index (χ4v) is 1.74. The predicted octanol–water partition coefficient (Wildman–Crippen LogP) is 2.05. The molecule has 78 valence electrons. The minimum absolute atomic E-state index is 0.197. The fourth-order valence-electron chi connectivity index (χ4n) is 1.74. The van der Waals surface area contributed by atoms with Crippen LogP contribution in [0.5, 0.6) is 0 Å². The van der Waals surface area contributed by atoms with Crippen LogP contribution in [0.15, 0.2) is 0 Å². The third-order valence-electron chi connectivity index (χ3n) is 2.50. The van der Waals surface area contributed by atoms with Crippen LogP contribution in [0.3, 0.4) is 0 Å². The first-order valence-electron chi connectivity index (χ1n) is 5.39. The van der Waals surface area contributed by atoms with E-state index in [1.807, 2.05) is 18.7 Å². The first-order valence-corrected chi connectivity index (χ1v) is 5.39. The monoisotopic (exact) mass is 193 g/mol. The van der Waals surface area contributed by atoms with E-state index in [0.29, 0.717) is 18.4 Å². The van der Waals surface area contributed by atoms with E-state index in [9.17, 15) is 4.79 Å². The Bertz CT molecular complexity index is 259. The van der Waals surface area contributed by atoms with Gasteiger partial charge in [-0.25, -0.2) is 0 Å². The normalized spacial score (nSPS) is 20.9. The van der Waals surface area contributed by atoms with Gasteiger partial charge in [0.2, 0.25) is 5.91 Å². The Labute approximate surface area is 86.7 Å². The van der Waals surface area contributed by atoms with Gasteiger partial charge in [0.15, 0.2) is 0 Å². The molecule has 1 atom stereocenters. The average molecular weight is 193 g/mol. The Morgan fingerprint density at radius 3 is 2.79 bits per heavy atom. The predicted molar refractivity (Wildman–Crippen MR) is 57.6 cm³/mol. The minimum Gasteiger partial charge on any atom is -0.339 e. The number of hydrogen-bond donors (Lipinski definition) is 0. The van der Waals surface area contributed by atoms with Gasteiger partial charge in [-0.3, -0.25) is 4.79 Å². The Kier molecular flexibility index (Phi) is 4.00. The molecule has 1 aliphatic rings. The smallest absolute Gasteiger partial charge is 0.234 e. The van der Waals surface area contributed by atoms with Crippen LogP contribution in [-0.4, -0.2) is 23.4 Å². The van der Waals surface area contributed by atoms with Crippen LogP contribution in [0, 0.1) is 17.8 Å². The summed E-state index contributed by atoms with van der Waals surface area (Å²) in [4.78, 5) is 13.6. The lowest BCUT2D eigenvalue weighted by Crippen LogP contribution is -2.33. The van der Waals surface area contributed by atoms with E-state index >= 15 is 0 Å². The molecule has 0 spiro atoms. The zero-order valence-corrected chi connectivity index (χ0v) is 9.34. The number of hydrogen-bond acceptors (Lipinski definition) is 1. The summed E-state index contributed by atoms with van der Waals surface area (Å²) in [7, 11) is 0. The van der Waals surface area contributed by atoms with Crippen molar-refractivity contribution < 1.29 is 4.79 Å². The van der Waals surface area contributed by atoms with Crippen molar-refractivity contribution >= 4 is 5.91 Å². The standard InChI is InChI=1S/C12H19NO/c1-10(2)6-4-8-12(14)13-9-5-7-11(13)3/h10-11H,5,7-9H2,1-3H3/t11-/m1/s1. The molecule has 0 unspecified atom stereocenters. The molecule has 0 aromatic rings. The van der Waals surface area contributed by atoms with Crippen molar-refractivity contribution in [3.63, 3.8) is 0 Å². The molecule has 0 N–H and O–H groups in total. The highest BCUT2D eigenvalue weighted by Gasteiger charge is 2.23. The Hall–Kier alpha value is -0.970. The Morgan fingerprint density at radius 1 is 1.57 bits per heavy atom. The Morgan fingerprint density at radius 2 is 2.29 bits per heavy atom. The maximum absolute atomic E-state index is 11.7. The van der Waals surface area contributed by atoms with Crippen LogP contribution in [0.1, 0.15) is 40.0 Å². The summed E-state index contributed by atoms with van der Waals surface area (Å²) in [6.45, 7) is 7.11. The van der Waals surface area contributed by atoms with Crippen LogP contribution in [0.25, 0.3) is 0 Å². The SMILES string of the molecule is CC(C)C#CCC(=O)N1CCC[C@H]1C. The van der Waals surface area contributed by atoms with Gasteiger partial charge in [-0.15, -0.1) is 0 Å². The summed E-state index contributed by atoms with van der Waals surface area (Å²) in [5, 5.41) is 0. The molecule has 0 aliphatic carbocycles. The first-order chi connectivity index (χ1) is 6.61. The lowest BCUT2D eigenvalue weighted by molar-refractivity contribution is -0.130. The highest BCUT2D eigenvalue weighted by molar-refractivity contribution is 5.79. The Balaban J connectivity index is 2.39. The van der Waals surface area contributed by atoms with Gasteiger partial charge in [0.25, 0.3) is 0 Å². The number of nitrogens with zero attached hydrogens (tertiary/aromatic N) is 1. The molecule has 0 saturated carbocycles. The van der Waals surface area contributed by atoms with Gasteiger partial charge in [0, 0.05) is 18.5 Å². The van der Waals surface area contributed by atoms with E-state index in [1.54, 1.807) is 0 Å². The lowest BCUT2D eigenvalue weighted by atomic mass is 10.2. The zero-order valence-electron chi connectivity index (χ0n) is 9.34. The maximum Gasteiger partial charge on any atom is 0.234 e. The van der Waals surface area contributed by atoms with Crippen molar-refractivity contribution in [1.82, 2.24) is 4.90 Å². The molecule has 1 amide bonds. The molecule has 2 heteroatoms. The van der Waals surface area contributed by atoms with Crippen molar-refractivity contribution in [3.05, 3.63) is 0 Å². The highest BCUT2D eigenvalue weighted by Crippen LogP contribution is 2.16. The van der Waals surface area contributed by atoms with E-state index < -0.39 is 0 Å².